The molecule has 3 N–H and O–H groups in total. The number of hydrogen-bond acceptors (Lipinski definition) is 2. The lowest BCUT2D eigenvalue weighted by molar-refractivity contribution is 0.373. The summed E-state index contributed by atoms with van der Waals surface area (Å²) in [5, 5.41) is 0. The lowest BCUT2D eigenvalue weighted by atomic mass is 9.92. The fourth-order valence-electron chi connectivity index (χ4n) is 2.27. The molecule has 0 aromatic rings. The van der Waals surface area contributed by atoms with E-state index in [-0.39, 0.29) is 0 Å². The molecule has 0 atom stereocenters. The third kappa shape index (κ3) is 5.27. The van der Waals surface area contributed by atoms with E-state index in [1.165, 1.54) is 57.8 Å². The molecule has 1 rings (SSSR count). The first-order chi connectivity index (χ1) is 6.43. The van der Waals surface area contributed by atoms with E-state index in [0.29, 0.717) is 0 Å². The second-order valence-corrected chi connectivity index (χ2v) is 4.33. The summed E-state index contributed by atoms with van der Waals surface area (Å²) in [6, 6.07) is 0. The fourth-order valence-corrected chi connectivity index (χ4v) is 2.27. The third-order valence-corrected chi connectivity index (χ3v) is 3.13. The third-order valence-electron chi connectivity index (χ3n) is 3.13. The van der Waals surface area contributed by atoms with E-state index in [4.69, 9.17) is 5.84 Å². The van der Waals surface area contributed by atoms with Crippen molar-refractivity contribution < 1.29 is 0 Å². The minimum Gasteiger partial charge on any atom is -0.271 e. The molecule has 0 spiro atoms. The average molecular weight is 184 g/mol. The molecule has 0 unspecified atom stereocenters. The number of nitrogens with two attached hydrogens (primary N) is 1. The Balaban J connectivity index is 2.18. The van der Waals surface area contributed by atoms with Crippen LogP contribution in [-0.2, 0) is 0 Å². The molecular formula is C11H24N2. The SMILES string of the molecule is NNCC1CCCCCCCCC1. The summed E-state index contributed by atoms with van der Waals surface area (Å²) in [5.41, 5.74) is 2.82. The highest BCUT2D eigenvalue weighted by atomic mass is 15.2. The molecule has 0 aliphatic heterocycles. The first-order valence-electron chi connectivity index (χ1n) is 5.87. The number of hydrazine groups is 1. The van der Waals surface area contributed by atoms with Crippen molar-refractivity contribution in [3.05, 3.63) is 0 Å². The summed E-state index contributed by atoms with van der Waals surface area (Å²) < 4.78 is 0. The first kappa shape index (κ1) is 11.0. The Hall–Kier alpha value is -0.0800. The maximum absolute atomic E-state index is 5.37. The van der Waals surface area contributed by atoms with Gasteiger partial charge in [-0.25, -0.2) is 0 Å². The highest BCUT2D eigenvalue weighted by Gasteiger charge is 2.08. The summed E-state index contributed by atoms with van der Waals surface area (Å²) in [5.74, 6) is 6.21. The topological polar surface area (TPSA) is 38.0 Å². The van der Waals surface area contributed by atoms with Gasteiger partial charge >= 0.3 is 0 Å². The van der Waals surface area contributed by atoms with Gasteiger partial charge in [-0.3, -0.25) is 11.3 Å². The molecule has 1 fully saturated rings. The molecule has 0 radical (unpaired) electrons. The summed E-state index contributed by atoms with van der Waals surface area (Å²) in [4.78, 5) is 0. The van der Waals surface area contributed by atoms with Crippen LogP contribution in [0.3, 0.4) is 0 Å². The van der Waals surface area contributed by atoms with Crippen LogP contribution >= 0.6 is 0 Å². The van der Waals surface area contributed by atoms with Crippen LogP contribution in [0.1, 0.15) is 57.8 Å². The van der Waals surface area contributed by atoms with Crippen molar-refractivity contribution in [3.63, 3.8) is 0 Å². The van der Waals surface area contributed by atoms with Gasteiger partial charge in [0.05, 0.1) is 0 Å². The van der Waals surface area contributed by atoms with E-state index in [0.717, 1.165) is 12.5 Å². The minimum absolute atomic E-state index is 0.836. The summed E-state index contributed by atoms with van der Waals surface area (Å²) in [7, 11) is 0. The largest absolute Gasteiger partial charge is 0.271 e. The Morgan fingerprint density at radius 3 is 1.77 bits per heavy atom. The maximum atomic E-state index is 5.37. The van der Waals surface area contributed by atoms with Gasteiger partial charge in [0.2, 0.25) is 0 Å². The van der Waals surface area contributed by atoms with Crippen molar-refractivity contribution in [1.29, 1.82) is 0 Å². The van der Waals surface area contributed by atoms with Crippen molar-refractivity contribution in [1.82, 2.24) is 5.43 Å². The van der Waals surface area contributed by atoms with Crippen LogP contribution < -0.4 is 11.3 Å². The van der Waals surface area contributed by atoms with Crippen molar-refractivity contribution in [2.45, 2.75) is 57.8 Å². The van der Waals surface area contributed by atoms with Gasteiger partial charge in [0.25, 0.3) is 0 Å². The summed E-state index contributed by atoms with van der Waals surface area (Å²) >= 11 is 0. The van der Waals surface area contributed by atoms with Crippen LogP contribution in [0.15, 0.2) is 0 Å². The summed E-state index contributed by atoms with van der Waals surface area (Å²) in [6.45, 7) is 1.01. The Bertz CT molecular complexity index is 105. The Morgan fingerprint density at radius 1 is 0.846 bits per heavy atom. The zero-order chi connectivity index (χ0) is 9.36. The smallest absolute Gasteiger partial charge is 0.0126 e. The van der Waals surface area contributed by atoms with E-state index in [1.807, 2.05) is 0 Å². The predicted octanol–water partition coefficient (Wildman–Crippen LogP) is 2.59. The molecular weight excluding hydrogens is 160 g/mol. The zero-order valence-electron chi connectivity index (χ0n) is 8.73. The van der Waals surface area contributed by atoms with Crippen molar-refractivity contribution >= 4 is 0 Å². The minimum atomic E-state index is 0.836. The van der Waals surface area contributed by atoms with Crippen LogP contribution in [-0.4, -0.2) is 6.54 Å². The van der Waals surface area contributed by atoms with Crippen LogP contribution in [0.2, 0.25) is 0 Å². The molecule has 0 saturated heterocycles. The summed E-state index contributed by atoms with van der Waals surface area (Å²) in [6.07, 6.45) is 12.8. The van der Waals surface area contributed by atoms with Crippen molar-refractivity contribution in [3.8, 4) is 0 Å². The number of nitrogens with one attached hydrogen (secondary N) is 1. The lowest BCUT2D eigenvalue weighted by Crippen LogP contribution is -2.29. The van der Waals surface area contributed by atoms with Crippen LogP contribution in [0, 0.1) is 5.92 Å². The van der Waals surface area contributed by atoms with Gasteiger partial charge in [-0.15, -0.1) is 0 Å². The second kappa shape index (κ2) is 7.34. The molecule has 13 heavy (non-hydrogen) atoms. The average Bonchev–Trinajstić information content (AvgIpc) is 2.16. The predicted molar refractivity (Wildman–Crippen MR) is 57.2 cm³/mol. The van der Waals surface area contributed by atoms with Gasteiger partial charge in [-0.05, 0) is 18.8 Å². The van der Waals surface area contributed by atoms with Gasteiger partial charge in [0.1, 0.15) is 0 Å². The highest BCUT2D eigenvalue weighted by Crippen LogP contribution is 2.20. The highest BCUT2D eigenvalue weighted by molar-refractivity contribution is 4.63. The monoisotopic (exact) mass is 184 g/mol. The van der Waals surface area contributed by atoms with Crippen LogP contribution in [0.5, 0.6) is 0 Å². The van der Waals surface area contributed by atoms with Crippen LogP contribution in [0.25, 0.3) is 0 Å². The van der Waals surface area contributed by atoms with Gasteiger partial charge in [0, 0.05) is 6.54 Å². The quantitative estimate of drug-likeness (QED) is 0.511. The van der Waals surface area contributed by atoms with Crippen molar-refractivity contribution in [2.75, 3.05) is 6.54 Å². The Labute approximate surface area is 82.2 Å². The molecule has 0 bridgehead atoms. The molecule has 0 amide bonds. The number of hydrogen-bond donors (Lipinski definition) is 2. The van der Waals surface area contributed by atoms with E-state index in [9.17, 15) is 0 Å². The molecule has 1 aliphatic carbocycles. The molecule has 0 heterocycles. The van der Waals surface area contributed by atoms with Gasteiger partial charge in [-0.1, -0.05) is 44.9 Å². The van der Waals surface area contributed by atoms with E-state index < -0.39 is 0 Å². The Morgan fingerprint density at radius 2 is 1.31 bits per heavy atom. The first-order valence-corrected chi connectivity index (χ1v) is 5.87. The van der Waals surface area contributed by atoms with E-state index >= 15 is 0 Å². The van der Waals surface area contributed by atoms with Gasteiger partial charge in [0.15, 0.2) is 0 Å². The second-order valence-electron chi connectivity index (χ2n) is 4.33. The molecule has 2 nitrogen and oxygen atoms in total. The molecule has 78 valence electrons. The van der Waals surface area contributed by atoms with Crippen LogP contribution in [0.4, 0.5) is 0 Å². The molecule has 1 aliphatic rings. The Kier molecular flexibility index (Phi) is 6.21. The van der Waals surface area contributed by atoms with E-state index in [2.05, 4.69) is 5.43 Å². The molecule has 0 aromatic heterocycles. The molecule has 2 heteroatoms. The van der Waals surface area contributed by atoms with Gasteiger partial charge in [-0.2, -0.15) is 0 Å². The van der Waals surface area contributed by atoms with E-state index in [1.54, 1.807) is 0 Å². The fraction of sp³-hybridized carbons (Fsp3) is 1.00. The lowest BCUT2D eigenvalue weighted by Gasteiger charge is -2.17. The van der Waals surface area contributed by atoms with Crippen molar-refractivity contribution in [2.24, 2.45) is 11.8 Å². The normalized spacial score (nSPS) is 22.8. The molecule has 1 saturated carbocycles. The number of rotatable bonds is 2. The zero-order valence-corrected chi connectivity index (χ0v) is 8.73. The standard InChI is InChI=1S/C11H24N2/c12-13-10-11-8-6-4-2-1-3-5-7-9-11/h11,13H,1-10,12H2. The maximum Gasteiger partial charge on any atom is 0.0126 e. The van der Waals surface area contributed by atoms with Gasteiger partial charge < -0.3 is 0 Å². The molecule has 0 aromatic carbocycles.